The molecule has 0 radical (unpaired) electrons. The second-order valence-corrected chi connectivity index (χ2v) is 6.96. The van der Waals surface area contributed by atoms with Crippen LogP contribution in [0.15, 0.2) is 95.5 Å². The van der Waals surface area contributed by atoms with E-state index in [0.717, 1.165) is 5.56 Å². The SMILES string of the molecule is Cc1cc(Oc2ncccn2)ccc1NC(=O)C(=Cc1ccco1)NC(=O)c1ccccc1. The molecule has 0 fully saturated rings. The fourth-order valence-electron chi connectivity index (χ4n) is 2.93. The molecule has 2 heterocycles. The van der Waals surface area contributed by atoms with Crippen LogP contribution in [-0.4, -0.2) is 21.8 Å². The highest BCUT2D eigenvalue weighted by molar-refractivity contribution is 6.10. The molecule has 2 N–H and O–H groups in total. The molecule has 33 heavy (non-hydrogen) atoms. The van der Waals surface area contributed by atoms with Gasteiger partial charge >= 0.3 is 6.01 Å². The summed E-state index contributed by atoms with van der Waals surface area (Å²) in [4.78, 5) is 33.7. The predicted molar refractivity (Wildman–Crippen MR) is 123 cm³/mol. The largest absolute Gasteiger partial charge is 0.465 e. The van der Waals surface area contributed by atoms with Crippen molar-refractivity contribution in [2.75, 3.05) is 5.32 Å². The first-order chi connectivity index (χ1) is 16.1. The van der Waals surface area contributed by atoms with Crippen molar-refractivity contribution < 1.29 is 18.7 Å². The number of benzene rings is 2. The van der Waals surface area contributed by atoms with E-state index in [4.69, 9.17) is 9.15 Å². The van der Waals surface area contributed by atoms with Gasteiger partial charge in [-0.1, -0.05) is 18.2 Å². The zero-order chi connectivity index (χ0) is 23.0. The summed E-state index contributed by atoms with van der Waals surface area (Å²) in [5, 5.41) is 5.48. The molecule has 4 aromatic rings. The zero-order valence-corrected chi connectivity index (χ0v) is 17.7. The molecular formula is C25H20N4O4. The second kappa shape index (κ2) is 10.1. The number of rotatable bonds is 7. The number of carbonyl (C=O) groups excluding carboxylic acids is 2. The van der Waals surface area contributed by atoms with Crippen LogP contribution in [0, 0.1) is 6.92 Å². The Morgan fingerprint density at radius 1 is 0.970 bits per heavy atom. The predicted octanol–water partition coefficient (Wildman–Crippen LogP) is 4.58. The third-order valence-corrected chi connectivity index (χ3v) is 4.56. The number of ether oxygens (including phenoxy) is 1. The van der Waals surface area contributed by atoms with Crippen LogP contribution in [0.1, 0.15) is 21.7 Å². The van der Waals surface area contributed by atoms with Gasteiger partial charge in [-0.05, 0) is 61.0 Å². The lowest BCUT2D eigenvalue weighted by Gasteiger charge is -2.13. The van der Waals surface area contributed by atoms with Gasteiger partial charge in [0.15, 0.2) is 0 Å². The Morgan fingerprint density at radius 2 is 1.76 bits per heavy atom. The molecule has 4 rings (SSSR count). The number of hydrogen-bond acceptors (Lipinski definition) is 6. The molecule has 164 valence electrons. The minimum absolute atomic E-state index is 0.0382. The second-order valence-electron chi connectivity index (χ2n) is 6.96. The summed E-state index contributed by atoms with van der Waals surface area (Å²) >= 11 is 0. The van der Waals surface area contributed by atoms with E-state index in [1.54, 1.807) is 73.1 Å². The molecular weight excluding hydrogens is 420 g/mol. The molecule has 0 atom stereocenters. The average molecular weight is 440 g/mol. The normalized spacial score (nSPS) is 11.0. The minimum Gasteiger partial charge on any atom is -0.465 e. The highest BCUT2D eigenvalue weighted by Crippen LogP contribution is 2.24. The van der Waals surface area contributed by atoms with Crippen LogP contribution < -0.4 is 15.4 Å². The molecule has 0 saturated heterocycles. The fraction of sp³-hybridized carbons (Fsp3) is 0.0400. The maximum Gasteiger partial charge on any atom is 0.321 e. The fourth-order valence-corrected chi connectivity index (χ4v) is 2.93. The third kappa shape index (κ3) is 5.71. The standard InChI is InChI=1S/C25H20N4O4/c1-17-15-20(33-25-26-12-6-13-27-25)10-11-21(17)28-24(31)22(16-19-9-5-14-32-19)29-23(30)18-7-3-2-4-8-18/h2-16H,1H3,(H,28,31)(H,29,30). The molecule has 2 aromatic carbocycles. The first kappa shape index (κ1) is 21.5. The monoisotopic (exact) mass is 440 g/mol. The van der Waals surface area contributed by atoms with Crippen LogP contribution in [0.3, 0.4) is 0 Å². The van der Waals surface area contributed by atoms with Crippen LogP contribution in [0.2, 0.25) is 0 Å². The van der Waals surface area contributed by atoms with Crippen molar-refractivity contribution in [1.29, 1.82) is 0 Å². The van der Waals surface area contributed by atoms with E-state index in [1.165, 1.54) is 12.3 Å². The van der Waals surface area contributed by atoms with Gasteiger partial charge in [0.05, 0.1) is 6.26 Å². The number of aryl methyl sites for hydroxylation is 1. The number of anilines is 1. The number of furan rings is 1. The minimum atomic E-state index is -0.501. The number of amides is 2. The molecule has 2 aromatic heterocycles. The van der Waals surface area contributed by atoms with Gasteiger partial charge in [0.2, 0.25) is 0 Å². The van der Waals surface area contributed by atoms with Crippen LogP contribution in [0.5, 0.6) is 11.8 Å². The summed E-state index contributed by atoms with van der Waals surface area (Å²) in [6, 6.07) is 19.1. The molecule has 0 aliphatic carbocycles. The quantitative estimate of drug-likeness (QED) is 0.408. The van der Waals surface area contributed by atoms with Crippen LogP contribution >= 0.6 is 0 Å². The van der Waals surface area contributed by atoms with Crippen molar-refractivity contribution in [3.63, 3.8) is 0 Å². The van der Waals surface area contributed by atoms with E-state index in [1.807, 2.05) is 13.0 Å². The van der Waals surface area contributed by atoms with Crippen LogP contribution in [0.4, 0.5) is 5.69 Å². The van der Waals surface area contributed by atoms with Gasteiger partial charge in [-0.15, -0.1) is 0 Å². The summed E-state index contributed by atoms with van der Waals surface area (Å²) in [5.41, 5.74) is 1.77. The molecule has 0 spiro atoms. The van der Waals surface area contributed by atoms with Gasteiger partial charge in [0, 0.05) is 29.7 Å². The lowest BCUT2D eigenvalue weighted by Crippen LogP contribution is -2.30. The van der Waals surface area contributed by atoms with Crippen molar-refractivity contribution in [2.45, 2.75) is 6.92 Å². The molecule has 0 saturated carbocycles. The maximum atomic E-state index is 13.0. The summed E-state index contributed by atoms with van der Waals surface area (Å²) in [7, 11) is 0. The van der Waals surface area contributed by atoms with Gasteiger partial charge in [0.25, 0.3) is 11.8 Å². The number of carbonyl (C=O) groups is 2. The van der Waals surface area contributed by atoms with Gasteiger partial charge in [-0.2, -0.15) is 0 Å². The van der Waals surface area contributed by atoms with Gasteiger partial charge in [-0.3, -0.25) is 9.59 Å². The van der Waals surface area contributed by atoms with Gasteiger partial charge in [-0.25, -0.2) is 9.97 Å². The zero-order valence-electron chi connectivity index (χ0n) is 17.7. The highest BCUT2D eigenvalue weighted by atomic mass is 16.5. The summed E-state index contributed by atoms with van der Waals surface area (Å²) in [6.07, 6.45) is 6.12. The topological polar surface area (TPSA) is 106 Å². The highest BCUT2D eigenvalue weighted by Gasteiger charge is 2.16. The van der Waals surface area contributed by atoms with E-state index in [0.29, 0.717) is 22.8 Å². The lowest BCUT2D eigenvalue weighted by molar-refractivity contribution is -0.113. The van der Waals surface area contributed by atoms with Crippen LogP contribution in [-0.2, 0) is 4.79 Å². The smallest absolute Gasteiger partial charge is 0.321 e. The van der Waals surface area contributed by atoms with Crippen molar-refractivity contribution in [2.24, 2.45) is 0 Å². The van der Waals surface area contributed by atoms with Gasteiger partial charge in [0.1, 0.15) is 17.2 Å². The Hall–Kier alpha value is -4.72. The van der Waals surface area contributed by atoms with E-state index in [2.05, 4.69) is 20.6 Å². The van der Waals surface area contributed by atoms with Crippen molar-refractivity contribution in [1.82, 2.24) is 15.3 Å². The van der Waals surface area contributed by atoms with Crippen molar-refractivity contribution in [3.05, 3.63) is 108 Å². The molecule has 0 bridgehead atoms. The number of nitrogens with zero attached hydrogens (tertiary/aromatic N) is 2. The van der Waals surface area contributed by atoms with E-state index >= 15 is 0 Å². The Bertz CT molecular complexity index is 1270. The maximum absolute atomic E-state index is 13.0. The Morgan fingerprint density at radius 3 is 2.45 bits per heavy atom. The first-order valence-electron chi connectivity index (χ1n) is 10.1. The number of aromatic nitrogens is 2. The van der Waals surface area contributed by atoms with E-state index in [9.17, 15) is 9.59 Å². The summed E-state index contributed by atoms with van der Waals surface area (Å²) < 4.78 is 10.9. The lowest BCUT2D eigenvalue weighted by atomic mass is 10.1. The van der Waals surface area contributed by atoms with Crippen molar-refractivity contribution in [3.8, 4) is 11.8 Å². The van der Waals surface area contributed by atoms with Gasteiger partial charge < -0.3 is 19.8 Å². The Kier molecular flexibility index (Phi) is 6.56. The van der Waals surface area contributed by atoms with Crippen molar-refractivity contribution >= 4 is 23.6 Å². The molecule has 8 heteroatoms. The first-order valence-corrected chi connectivity index (χ1v) is 10.1. The van der Waals surface area contributed by atoms with Crippen LogP contribution in [0.25, 0.3) is 6.08 Å². The van der Waals surface area contributed by atoms with E-state index < -0.39 is 11.8 Å². The molecule has 0 aliphatic heterocycles. The number of hydrogen-bond donors (Lipinski definition) is 2. The summed E-state index contributed by atoms with van der Waals surface area (Å²) in [5.74, 6) is 0.0444. The Labute approximate surface area is 190 Å². The average Bonchev–Trinajstić information content (AvgIpc) is 3.35. The molecule has 8 nitrogen and oxygen atoms in total. The van der Waals surface area contributed by atoms with E-state index in [-0.39, 0.29) is 11.7 Å². The molecule has 0 aliphatic rings. The molecule has 2 amide bonds. The molecule has 0 unspecified atom stereocenters. The number of nitrogens with one attached hydrogen (secondary N) is 2. The summed E-state index contributed by atoms with van der Waals surface area (Å²) in [6.45, 7) is 1.83. The Balaban J connectivity index is 1.52. The third-order valence-electron chi connectivity index (χ3n) is 4.56.